The maximum absolute atomic E-state index is 12.0. The lowest BCUT2D eigenvalue weighted by Crippen LogP contribution is -2.29. The van der Waals surface area contributed by atoms with Gasteiger partial charge in [0.05, 0.1) is 17.9 Å². The van der Waals surface area contributed by atoms with Crippen molar-refractivity contribution >= 4 is 27.5 Å². The summed E-state index contributed by atoms with van der Waals surface area (Å²) in [4.78, 5) is 12.1. The van der Waals surface area contributed by atoms with Crippen LogP contribution in [0, 0.1) is 0 Å². The highest BCUT2D eigenvalue weighted by atomic mass is 35.5. The number of ether oxygens (including phenoxy) is 1. The zero-order chi connectivity index (χ0) is 19.2. The van der Waals surface area contributed by atoms with E-state index >= 15 is 0 Å². The fraction of sp³-hybridized carbons (Fsp3) is 0.278. The maximum atomic E-state index is 12.0. The molecule has 1 N–H and O–H groups in total. The third-order valence-corrected chi connectivity index (χ3v) is 5.65. The van der Waals surface area contributed by atoms with Crippen LogP contribution in [-0.4, -0.2) is 45.9 Å². The number of nitrogens with zero attached hydrogens (tertiary/aromatic N) is 1. The van der Waals surface area contributed by atoms with Crippen LogP contribution in [0.3, 0.4) is 0 Å². The summed E-state index contributed by atoms with van der Waals surface area (Å²) in [5.41, 5.74) is 0.880. The van der Waals surface area contributed by atoms with Crippen molar-refractivity contribution in [3.8, 4) is 5.75 Å². The highest BCUT2D eigenvalue weighted by molar-refractivity contribution is 7.89. The topological polar surface area (TPSA) is 75.7 Å². The molecule has 0 saturated carbocycles. The van der Waals surface area contributed by atoms with E-state index in [1.165, 1.54) is 26.2 Å². The molecule has 0 aliphatic carbocycles. The molecule has 0 radical (unpaired) electrons. The molecule has 8 heteroatoms. The van der Waals surface area contributed by atoms with Gasteiger partial charge in [-0.3, -0.25) is 4.79 Å². The summed E-state index contributed by atoms with van der Waals surface area (Å²) >= 11 is 5.81. The smallest absolute Gasteiger partial charge is 0.242 e. The first-order chi connectivity index (χ1) is 12.3. The zero-order valence-corrected chi connectivity index (χ0v) is 16.2. The molecule has 0 aliphatic rings. The highest BCUT2D eigenvalue weighted by Gasteiger charge is 2.16. The molecule has 0 unspecified atom stereocenters. The summed E-state index contributed by atoms with van der Waals surface area (Å²) in [5.74, 6) is 0.429. The van der Waals surface area contributed by atoms with Gasteiger partial charge < -0.3 is 10.1 Å². The second kappa shape index (κ2) is 9.02. The Hall–Kier alpha value is -2.09. The van der Waals surface area contributed by atoms with Gasteiger partial charge in [-0.1, -0.05) is 23.7 Å². The fourth-order valence-corrected chi connectivity index (χ4v) is 3.16. The van der Waals surface area contributed by atoms with E-state index in [1.807, 2.05) is 12.1 Å². The molecule has 0 heterocycles. The van der Waals surface area contributed by atoms with Gasteiger partial charge >= 0.3 is 0 Å². The van der Waals surface area contributed by atoms with Gasteiger partial charge in [0.25, 0.3) is 0 Å². The van der Waals surface area contributed by atoms with E-state index in [9.17, 15) is 13.2 Å². The number of carbonyl (C=O) groups is 1. The standard InChI is InChI=1S/C18H21ClN2O4S/c1-21(2)26(23,24)17-9-7-16(8-10-17)25-12-11-20-18(22)13-14-3-5-15(19)6-4-14/h3-10H,11-13H2,1-2H3,(H,20,22). The Bertz CT molecular complexity index is 834. The van der Waals surface area contributed by atoms with Gasteiger partial charge in [0, 0.05) is 19.1 Å². The number of halogens is 1. The van der Waals surface area contributed by atoms with E-state index < -0.39 is 10.0 Å². The van der Waals surface area contributed by atoms with Crippen molar-refractivity contribution in [1.82, 2.24) is 9.62 Å². The lowest BCUT2D eigenvalue weighted by Gasteiger charge is -2.12. The van der Waals surface area contributed by atoms with Gasteiger partial charge in [0.2, 0.25) is 15.9 Å². The van der Waals surface area contributed by atoms with E-state index in [-0.39, 0.29) is 23.8 Å². The van der Waals surface area contributed by atoms with E-state index in [0.717, 1.165) is 9.87 Å². The van der Waals surface area contributed by atoms with E-state index in [2.05, 4.69) is 5.32 Å². The quantitative estimate of drug-likeness (QED) is 0.695. The predicted octanol–water partition coefficient (Wildman–Crippen LogP) is 2.33. The number of amides is 1. The number of carbonyl (C=O) groups excluding carboxylic acids is 1. The van der Waals surface area contributed by atoms with Crippen LogP contribution in [0.2, 0.25) is 5.02 Å². The number of benzene rings is 2. The van der Waals surface area contributed by atoms with Crippen LogP contribution < -0.4 is 10.1 Å². The largest absolute Gasteiger partial charge is 0.492 e. The van der Waals surface area contributed by atoms with Gasteiger partial charge in [-0.2, -0.15) is 0 Å². The molecule has 1 amide bonds. The SMILES string of the molecule is CN(C)S(=O)(=O)c1ccc(OCCNC(=O)Cc2ccc(Cl)cc2)cc1. The van der Waals surface area contributed by atoms with Crippen molar-refractivity contribution in [3.63, 3.8) is 0 Å². The number of sulfonamides is 1. The highest BCUT2D eigenvalue weighted by Crippen LogP contribution is 2.18. The van der Waals surface area contributed by atoms with Crippen molar-refractivity contribution in [1.29, 1.82) is 0 Å². The third-order valence-electron chi connectivity index (χ3n) is 3.57. The fourth-order valence-electron chi connectivity index (χ4n) is 2.13. The minimum absolute atomic E-state index is 0.108. The second-order valence-electron chi connectivity index (χ2n) is 5.76. The van der Waals surface area contributed by atoms with Crippen LogP contribution in [0.25, 0.3) is 0 Å². The van der Waals surface area contributed by atoms with Gasteiger partial charge in [-0.05, 0) is 42.0 Å². The van der Waals surface area contributed by atoms with E-state index in [4.69, 9.17) is 16.3 Å². The molecule has 0 fully saturated rings. The summed E-state index contributed by atoms with van der Waals surface area (Å²) in [6.07, 6.45) is 0.272. The Morgan fingerprint density at radius 1 is 1.08 bits per heavy atom. The lowest BCUT2D eigenvalue weighted by molar-refractivity contribution is -0.120. The Labute approximate surface area is 158 Å². The molecule has 0 aromatic heterocycles. The van der Waals surface area contributed by atoms with Crippen LogP contribution >= 0.6 is 11.6 Å². The monoisotopic (exact) mass is 396 g/mol. The molecular formula is C18H21ClN2O4S. The predicted molar refractivity (Wildman–Crippen MR) is 101 cm³/mol. The van der Waals surface area contributed by atoms with Crippen molar-refractivity contribution in [2.24, 2.45) is 0 Å². The summed E-state index contributed by atoms with van der Waals surface area (Å²) in [5, 5.41) is 3.40. The third kappa shape index (κ3) is 5.72. The van der Waals surface area contributed by atoms with E-state index in [0.29, 0.717) is 17.3 Å². The number of hydrogen-bond acceptors (Lipinski definition) is 4. The maximum Gasteiger partial charge on any atom is 0.242 e. The van der Waals surface area contributed by atoms with Crippen LogP contribution in [-0.2, 0) is 21.2 Å². The molecule has 140 valence electrons. The number of nitrogens with one attached hydrogen (secondary N) is 1. The Kier molecular flexibility index (Phi) is 7.02. The lowest BCUT2D eigenvalue weighted by atomic mass is 10.1. The van der Waals surface area contributed by atoms with Crippen LogP contribution in [0.5, 0.6) is 5.75 Å². The molecule has 2 aromatic carbocycles. The summed E-state index contributed by atoms with van der Waals surface area (Å²) in [7, 11) is -0.493. The van der Waals surface area contributed by atoms with Gasteiger partial charge in [0.1, 0.15) is 12.4 Å². The first-order valence-corrected chi connectivity index (χ1v) is 9.77. The zero-order valence-electron chi connectivity index (χ0n) is 14.6. The van der Waals surface area contributed by atoms with Crippen molar-refractivity contribution in [2.45, 2.75) is 11.3 Å². The molecular weight excluding hydrogens is 376 g/mol. The molecule has 0 spiro atoms. The summed E-state index contributed by atoms with van der Waals surface area (Å²) in [6, 6.07) is 13.3. The van der Waals surface area contributed by atoms with Crippen molar-refractivity contribution in [2.75, 3.05) is 27.2 Å². The van der Waals surface area contributed by atoms with Crippen LogP contribution in [0.4, 0.5) is 0 Å². The van der Waals surface area contributed by atoms with E-state index in [1.54, 1.807) is 24.3 Å². The van der Waals surface area contributed by atoms with Crippen molar-refractivity contribution in [3.05, 3.63) is 59.1 Å². The van der Waals surface area contributed by atoms with Gasteiger partial charge in [-0.25, -0.2) is 12.7 Å². The number of rotatable bonds is 8. The average Bonchev–Trinajstić information content (AvgIpc) is 2.61. The molecule has 2 rings (SSSR count). The summed E-state index contributed by atoms with van der Waals surface area (Å²) < 4.78 is 30.6. The number of hydrogen-bond donors (Lipinski definition) is 1. The van der Waals surface area contributed by atoms with Crippen molar-refractivity contribution < 1.29 is 17.9 Å². The molecule has 26 heavy (non-hydrogen) atoms. The first-order valence-electron chi connectivity index (χ1n) is 7.95. The molecule has 0 atom stereocenters. The van der Waals surface area contributed by atoms with Crippen LogP contribution in [0.15, 0.2) is 53.4 Å². The molecule has 0 bridgehead atoms. The van der Waals surface area contributed by atoms with Gasteiger partial charge in [0.15, 0.2) is 0 Å². The molecule has 6 nitrogen and oxygen atoms in total. The van der Waals surface area contributed by atoms with Crippen LogP contribution in [0.1, 0.15) is 5.56 Å². The van der Waals surface area contributed by atoms with Gasteiger partial charge in [-0.15, -0.1) is 0 Å². The Morgan fingerprint density at radius 3 is 2.27 bits per heavy atom. The molecule has 0 aliphatic heterocycles. The molecule has 0 saturated heterocycles. The molecule has 2 aromatic rings. The minimum Gasteiger partial charge on any atom is -0.492 e. The normalized spacial score (nSPS) is 11.4. The second-order valence-corrected chi connectivity index (χ2v) is 8.35. The summed E-state index contributed by atoms with van der Waals surface area (Å²) in [6.45, 7) is 0.635. The minimum atomic E-state index is -3.45. The Balaban J connectivity index is 1.76. The Morgan fingerprint density at radius 2 is 1.69 bits per heavy atom. The average molecular weight is 397 g/mol. The first kappa shape index (κ1) is 20.2.